The number of nitrogens with zero attached hydrogens (tertiary/aromatic N) is 2. The standard InChI is InChI=1S/C16H20FN3/c1-5-18-16(13-6-10(2)7-14(17)9-13)15-8-11(3)19-20-12(15)4/h6-9,16,18H,5H2,1-4H3. The minimum absolute atomic E-state index is 0.0661. The molecule has 1 N–H and O–H groups in total. The average molecular weight is 273 g/mol. The van der Waals surface area contributed by atoms with Crippen molar-refractivity contribution >= 4 is 0 Å². The van der Waals surface area contributed by atoms with Crippen molar-refractivity contribution in [1.82, 2.24) is 15.5 Å². The smallest absolute Gasteiger partial charge is 0.123 e. The van der Waals surface area contributed by atoms with Gasteiger partial charge in [0.1, 0.15) is 5.82 Å². The Hall–Kier alpha value is -1.81. The van der Waals surface area contributed by atoms with E-state index in [0.717, 1.165) is 34.6 Å². The van der Waals surface area contributed by atoms with Crippen molar-refractivity contribution in [3.63, 3.8) is 0 Å². The molecular formula is C16H20FN3. The molecule has 0 aliphatic carbocycles. The number of aryl methyl sites for hydroxylation is 3. The van der Waals surface area contributed by atoms with Gasteiger partial charge in [-0.15, -0.1) is 0 Å². The van der Waals surface area contributed by atoms with E-state index in [2.05, 4.69) is 15.5 Å². The Morgan fingerprint density at radius 2 is 1.85 bits per heavy atom. The number of aromatic nitrogens is 2. The third-order valence-corrected chi connectivity index (χ3v) is 3.26. The maximum atomic E-state index is 13.7. The molecule has 20 heavy (non-hydrogen) atoms. The zero-order chi connectivity index (χ0) is 14.7. The molecule has 1 aromatic carbocycles. The van der Waals surface area contributed by atoms with Gasteiger partial charge < -0.3 is 5.32 Å². The first-order valence-electron chi connectivity index (χ1n) is 6.82. The Labute approximate surface area is 119 Å². The highest BCUT2D eigenvalue weighted by molar-refractivity contribution is 5.36. The topological polar surface area (TPSA) is 37.8 Å². The summed E-state index contributed by atoms with van der Waals surface area (Å²) in [6, 6.07) is 7.07. The van der Waals surface area contributed by atoms with Gasteiger partial charge in [-0.1, -0.05) is 13.0 Å². The van der Waals surface area contributed by atoms with Gasteiger partial charge >= 0.3 is 0 Å². The van der Waals surface area contributed by atoms with E-state index in [1.807, 2.05) is 39.8 Å². The number of nitrogens with one attached hydrogen (secondary N) is 1. The molecule has 1 unspecified atom stereocenters. The normalized spacial score (nSPS) is 12.4. The van der Waals surface area contributed by atoms with Gasteiger partial charge in [0, 0.05) is 0 Å². The molecule has 3 nitrogen and oxygen atoms in total. The second-order valence-electron chi connectivity index (χ2n) is 5.08. The summed E-state index contributed by atoms with van der Waals surface area (Å²) >= 11 is 0. The first-order chi connectivity index (χ1) is 9.51. The van der Waals surface area contributed by atoms with Gasteiger partial charge in [-0.2, -0.15) is 10.2 Å². The number of hydrogen-bond acceptors (Lipinski definition) is 3. The summed E-state index contributed by atoms with van der Waals surface area (Å²) in [5.41, 5.74) is 4.61. The maximum Gasteiger partial charge on any atom is 0.123 e. The zero-order valence-electron chi connectivity index (χ0n) is 12.4. The van der Waals surface area contributed by atoms with Crippen molar-refractivity contribution in [3.05, 3.63) is 58.2 Å². The lowest BCUT2D eigenvalue weighted by Gasteiger charge is -2.21. The van der Waals surface area contributed by atoms with E-state index in [0.29, 0.717) is 0 Å². The Kier molecular flexibility index (Phi) is 4.45. The Bertz CT molecular complexity index is 590. The van der Waals surface area contributed by atoms with Gasteiger partial charge in [0.25, 0.3) is 0 Å². The highest BCUT2D eigenvalue weighted by Crippen LogP contribution is 2.25. The van der Waals surface area contributed by atoms with Crippen LogP contribution in [-0.2, 0) is 0 Å². The zero-order valence-corrected chi connectivity index (χ0v) is 12.4. The van der Waals surface area contributed by atoms with Crippen molar-refractivity contribution in [2.75, 3.05) is 6.54 Å². The molecule has 2 aromatic rings. The molecule has 106 valence electrons. The van der Waals surface area contributed by atoms with Crippen LogP contribution in [0.5, 0.6) is 0 Å². The van der Waals surface area contributed by atoms with E-state index in [1.165, 1.54) is 6.07 Å². The van der Waals surface area contributed by atoms with Gasteiger partial charge in [-0.05, 0) is 62.2 Å². The van der Waals surface area contributed by atoms with Crippen LogP contribution in [0.25, 0.3) is 0 Å². The molecule has 0 aliphatic heterocycles. The van der Waals surface area contributed by atoms with Crippen molar-refractivity contribution < 1.29 is 4.39 Å². The summed E-state index contributed by atoms with van der Waals surface area (Å²) in [5, 5.41) is 11.6. The fourth-order valence-corrected chi connectivity index (χ4v) is 2.40. The summed E-state index contributed by atoms with van der Waals surface area (Å²) in [6.07, 6.45) is 0. The fraction of sp³-hybridized carbons (Fsp3) is 0.375. The first-order valence-corrected chi connectivity index (χ1v) is 6.82. The number of benzene rings is 1. The van der Waals surface area contributed by atoms with Crippen LogP contribution in [-0.4, -0.2) is 16.7 Å². The summed E-state index contributed by atoms with van der Waals surface area (Å²) in [5.74, 6) is -0.209. The molecule has 0 saturated carbocycles. The summed E-state index contributed by atoms with van der Waals surface area (Å²) in [4.78, 5) is 0. The molecule has 0 radical (unpaired) electrons. The maximum absolute atomic E-state index is 13.7. The van der Waals surface area contributed by atoms with Gasteiger partial charge in [0.15, 0.2) is 0 Å². The van der Waals surface area contributed by atoms with E-state index in [1.54, 1.807) is 6.07 Å². The van der Waals surface area contributed by atoms with E-state index in [9.17, 15) is 4.39 Å². The number of rotatable bonds is 4. The molecule has 0 aliphatic rings. The van der Waals surface area contributed by atoms with Crippen LogP contribution >= 0.6 is 0 Å². The molecule has 0 spiro atoms. The Balaban J connectivity index is 2.52. The first kappa shape index (κ1) is 14.6. The minimum Gasteiger partial charge on any atom is -0.306 e. The van der Waals surface area contributed by atoms with Crippen LogP contribution in [0.4, 0.5) is 4.39 Å². The summed E-state index contributed by atoms with van der Waals surface area (Å²) in [7, 11) is 0. The molecule has 0 amide bonds. The van der Waals surface area contributed by atoms with Crippen LogP contribution in [0.3, 0.4) is 0 Å². The number of halogens is 1. The molecule has 2 rings (SSSR count). The minimum atomic E-state index is -0.209. The van der Waals surface area contributed by atoms with Gasteiger partial charge in [0.2, 0.25) is 0 Å². The molecule has 0 fully saturated rings. The van der Waals surface area contributed by atoms with Crippen LogP contribution in [0.15, 0.2) is 24.3 Å². The van der Waals surface area contributed by atoms with Crippen molar-refractivity contribution in [2.24, 2.45) is 0 Å². The quantitative estimate of drug-likeness (QED) is 0.929. The van der Waals surface area contributed by atoms with Crippen LogP contribution in [0.1, 0.15) is 41.0 Å². The number of hydrogen-bond donors (Lipinski definition) is 1. The molecule has 1 heterocycles. The van der Waals surface area contributed by atoms with E-state index < -0.39 is 0 Å². The third-order valence-electron chi connectivity index (χ3n) is 3.26. The third kappa shape index (κ3) is 3.20. The van der Waals surface area contributed by atoms with E-state index >= 15 is 0 Å². The Morgan fingerprint density at radius 3 is 2.50 bits per heavy atom. The van der Waals surface area contributed by atoms with Gasteiger partial charge in [-0.25, -0.2) is 4.39 Å². The van der Waals surface area contributed by atoms with Crippen molar-refractivity contribution in [1.29, 1.82) is 0 Å². The van der Waals surface area contributed by atoms with Crippen LogP contribution in [0.2, 0.25) is 0 Å². The lowest BCUT2D eigenvalue weighted by molar-refractivity contribution is 0.597. The molecule has 1 atom stereocenters. The molecule has 4 heteroatoms. The molecule has 0 saturated heterocycles. The predicted octanol–water partition coefficient (Wildman–Crippen LogP) is 3.24. The molecule has 1 aromatic heterocycles. The Morgan fingerprint density at radius 1 is 1.10 bits per heavy atom. The highest BCUT2D eigenvalue weighted by Gasteiger charge is 2.17. The lowest BCUT2D eigenvalue weighted by Crippen LogP contribution is -2.23. The molecular weight excluding hydrogens is 253 g/mol. The monoisotopic (exact) mass is 273 g/mol. The van der Waals surface area contributed by atoms with Crippen molar-refractivity contribution in [3.8, 4) is 0 Å². The second kappa shape index (κ2) is 6.09. The highest BCUT2D eigenvalue weighted by atomic mass is 19.1. The second-order valence-corrected chi connectivity index (χ2v) is 5.08. The molecule has 0 bridgehead atoms. The van der Waals surface area contributed by atoms with Crippen LogP contribution in [0, 0.1) is 26.6 Å². The largest absolute Gasteiger partial charge is 0.306 e. The van der Waals surface area contributed by atoms with Gasteiger partial charge in [0.05, 0.1) is 17.4 Å². The van der Waals surface area contributed by atoms with Gasteiger partial charge in [-0.3, -0.25) is 0 Å². The van der Waals surface area contributed by atoms with E-state index in [4.69, 9.17) is 0 Å². The summed E-state index contributed by atoms with van der Waals surface area (Å²) in [6.45, 7) is 8.57. The van der Waals surface area contributed by atoms with Crippen molar-refractivity contribution in [2.45, 2.75) is 33.7 Å². The summed E-state index contributed by atoms with van der Waals surface area (Å²) < 4.78 is 13.7. The predicted molar refractivity (Wildman–Crippen MR) is 78.2 cm³/mol. The van der Waals surface area contributed by atoms with E-state index in [-0.39, 0.29) is 11.9 Å². The lowest BCUT2D eigenvalue weighted by atomic mass is 9.96. The average Bonchev–Trinajstić information content (AvgIpc) is 2.38. The SMILES string of the molecule is CCNC(c1cc(C)cc(F)c1)c1cc(C)nnc1C. The fourth-order valence-electron chi connectivity index (χ4n) is 2.40. The van der Waals surface area contributed by atoms with Crippen LogP contribution < -0.4 is 5.32 Å².